The van der Waals surface area contributed by atoms with Crippen molar-refractivity contribution in [2.75, 3.05) is 19.6 Å². The number of aryl methyl sites for hydroxylation is 1. The molecule has 0 unspecified atom stereocenters. The highest BCUT2D eigenvalue weighted by Crippen LogP contribution is 2.45. The molecule has 9 heteroatoms. The maximum Gasteiger partial charge on any atom is 0.276 e. The van der Waals surface area contributed by atoms with Crippen molar-refractivity contribution in [1.82, 2.24) is 35.2 Å². The summed E-state index contributed by atoms with van der Waals surface area (Å²) in [5.41, 5.74) is 1.87. The Bertz CT molecular complexity index is 1050. The van der Waals surface area contributed by atoms with Crippen LogP contribution in [0.1, 0.15) is 38.3 Å². The first-order valence-electron chi connectivity index (χ1n) is 9.91. The van der Waals surface area contributed by atoms with E-state index in [0.717, 1.165) is 5.56 Å². The molecule has 0 radical (unpaired) electrons. The number of amides is 2. The van der Waals surface area contributed by atoms with Gasteiger partial charge in [0.25, 0.3) is 11.8 Å². The van der Waals surface area contributed by atoms with Gasteiger partial charge >= 0.3 is 0 Å². The lowest BCUT2D eigenvalue weighted by Crippen LogP contribution is -2.37. The average Bonchev–Trinajstić information content (AvgIpc) is 3.50. The number of H-pyrrole nitrogens is 1. The van der Waals surface area contributed by atoms with Crippen molar-refractivity contribution < 1.29 is 9.59 Å². The van der Waals surface area contributed by atoms with E-state index in [4.69, 9.17) is 0 Å². The number of likely N-dealkylation sites (tertiary alicyclic amines) is 2. The number of aromatic nitrogens is 5. The Balaban J connectivity index is 1.44. The summed E-state index contributed by atoms with van der Waals surface area (Å²) in [6, 6.07) is 9.90. The van der Waals surface area contributed by atoms with Gasteiger partial charge in [0, 0.05) is 43.9 Å². The normalized spacial score (nSPS) is 22.9. The molecule has 5 rings (SSSR count). The van der Waals surface area contributed by atoms with Crippen LogP contribution in [0, 0.1) is 18.8 Å². The number of carbonyl (C=O) groups is 2. The molecule has 2 saturated heterocycles. The average molecular weight is 403 g/mol. The van der Waals surface area contributed by atoms with Crippen LogP contribution in [0.15, 0.2) is 48.9 Å². The van der Waals surface area contributed by atoms with Crippen LogP contribution < -0.4 is 0 Å². The predicted octanol–water partition coefficient (Wildman–Crippen LogP) is 1.49. The first-order valence-corrected chi connectivity index (χ1v) is 9.91. The summed E-state index contributed by atoms with van der Waals surface area (Å²) in [4.78, 5) is 38.2. The van der Waals surface area contributed by atoms with Crippen molar-refractivity contribution in [3.63, 3.8) is 0 Å². The number of aromatic amines is 1. The molecule has 0 saturated carbocycles. The maximum atomic E-state index is 13.3. The lowest BCUT2D eigenvalue weighted by atomic mass is 9.89. The van der Waals surface area contributed by atoms with Gasteiger partial charge in [0.1, 0.15) is 5.82 Å². The Morgan fingerprint density at radius 2 is 1.77 bits per heavy atom. The van der Waals surface area contributed by atoms with Gasteiger partial charge in [0.05, 0.1) is 17.8 Å². The summed E-state index contributed by atoms with van der Waals surface area (Å²) in [7, 11) is 0. The third-order valence-electron chi connectivity index (χ3n) is 6.02. The molecule has 2 fully saturated rings. The van der Waals surface area contributed by atoms with Crippen LogP contribution in [0.25, 0.3) is 0 Å². The number of nitrogens with zero attached hydrogens (tertiary/aromatic N) is 6. The summed E-state index contributed by atoms with van der Waals surface area (Å²) < 4.78 is 0. The number of fused-ring (bicyclic) bond motifs is 1. The van der Waals surface area contributed by atoms with Gasteiger partial charge in [0.15, 0.2) is 5.69 Å². The van der Waals surface area contributed by atoms with Crippen LogP contribution in [-0.4, -0.2) is 66.6 Å². The summed E-state index contributed by atoms with van der Waals surface area (Å²) in [5, 5.41) is 10.1. The Hall–Kier alpha value is -3.62. The van der Waals surface area contributed by atoms with Crippen molar-refractivity contribution in [3.8, 4) is 0 Å². The van der Waals surface area contributed by atoms with E-state index in [1.54, 1.807) is 19.3 Å². The smallest absolute Gasteiger partial charge is 0.276 e. The molecule has 1 N–H and O–H groups in total. The predicted molar refractivity (Wildman–Crippen MR) is 106 cm³/mol. The fraction of sp³-hybridized carbons (Fsp3) is 0.333. The molecule has 3 aromatic rings. The lowest BCUT2D eigenvalue weighted by Gasteiger charge is -2.30. The van der Waals surface area contributed by atoms with Crippen LogP contribution in [0.5, 0.6) is 0 Å². The summed E-state index contributed by atoms with van der Waals surface area (Å²) in [6.07, 6.45) is 4.61. The molecular formula is C21H21N7O2. The molecule has 2 aromatic heterocycles. The molecule has 0 bridgehead atoms. The Morgan fingerprint density at radius 1 is 1.00 bits per heavy atom. The van der Waals surface area contributed by atoms with E-state index in [-0.39, 0.29) is 29.7 Å². The van der Waals surface area contributed by atoms with E-state index in [1.807, 2.05) is 40.1 Å². The third kappa shape index (κ3) is 3.12. The fourth-order valence-electron chi connectivity index (χ4n) is 4.63. The van der Waals surface area contributed by atoms with E-state index >= 15 is 0 Å². The third-order valence-corrected chi connectivity index (χ3v) is 6.02. The molecule has 2 amide bonds. The van der Waals surface area contributed by atoms with Gasteiger partial charge in [-0.2, -0.15) is 15.4 Å². The zero-order valence-electron chi connectivity index (χ0n) is 16.5. The van der Waals surface area contributed by atoms with E-state index in [9.17, 15) is 9.59 Å². The Kier molecular flexibility index (Phi) is 4.50. The van der Waals surface area contributed by atoms with Crippen LogP contribution in [0.2, 0.25) is 0 Å². The quantitative estimate of drug-likeness (QED) is 0.710. The monoisotopic (exact) mass is 403 g/mol. The minimum atomic E-state index is -0.130. The van der Waals surface area contributed by atoms with Crippen LogP contribution in [-0.2, 0) is 0 Å². The van der Waals surface area contributed by atoms with Gasteiger partial charge in [-0.25, -0.2) is 9.97 Å². The maximum absolute atomic E-state index is 13.3. The second-order valence-corrected chi connectivity index (χ2v) is 7.82. The number of hydrogen-bond acceptors (Lipinski definition) is 6. The minimum absolute atomic E-state index is 0.0763. The standard InChI is InChI=1S/C21H21N7O2/c1-13-22-7-15(8-23-13)20(29)28-11-16-10-27(21(30)18-9-24-26-25-18)12-17(16)19(28)14-5-3-2-4-6-14/h2-9,16-17,19H,10-12H2,1H3,(H,24,25,26)/t16-,17-,19+/m0/s1. The molecule has 1 aromatic carbocycles. The number of carbonyl (C=O) groups excluding carboxylic acids is 2. The van der Waals surface area contributed by atoms with Gasteiger partial charge in [-0.15, -0.1) is 0 Å². The van der Waals surface area contributed by atoms with Crippen LogP contribution in [0.4, 0.5) is 0 Å². The first kappa shape index (κ1) is 18.4. The molecule has 4 heterocycles. The van der Waals surface area contributed by atoms with Crippen molar-refractivity contribution in [2.45, 2.75) is 13.0 Å². The number of benzene rings is 1. The van der Waals surface area contributed by atoms with Gasteiger partial charge in [-0.1, -0.05) is 30.3 Å². The molecule has 152 valence electrons. The number of nitrogens with one attached hydrogen (secondary N) is 1. The van der Waals surface area contributed by atoms with Crippen LogP contribution in [0.3, 0.4) is 0 Å². The zero-order valence-corrected chi connectivity index (χ0v) is 16.5. The second-order valence-electron chi connectivity index (χ2n) is 7.82. The molecule has 3 atom stereocenters. The van der Waals surface area contributed by atoms with E-state index in [1.165, 1.54) is 6.20 Å². The second kappa shape index (κ2) is 7.33. The highest BCUT2D eigenvalue weighted by molar-refractivity contribution is 5.94. The van der Waals surface area contributed by atoms with Gasteiger partial charge < -0.3 is 9.80 Å². The van der Waals surface area contributed by atoms with Gasteiger partial charge in [0.2, 0.25) is 0 Å². The number of hydrogen-bond donors (Lipinski definition) is 1. The topological polar surface area (TPSA) is 108 Å². The molecule has 0 aliphatic carbocycles. The fourth-order valence-corrected chi connectivity index (χ4v) is 4.63. The van der Waals surface area contributed by atoms with E-state index in [2.05, 4.69) is 25.4 Å². The highest BCUT2D eigenvalue weighted by Gasteiger charge is 2.50. The van der Waals surface area contributed by atoms with Crippen LogP contribution >= 0.6 is 0 Å². The first-order chi connectivity index (χ1) is 14.6. The lowest BCUT2D eigenvalue weighted by molar-refractivity contribution is 0.0674. The summed E-state index contributed by atoms with van der Waals surface area (Å²) in [6.45, 7) is 3.54. The van der Waals surface area contributed by atoms with Crippen molar-refractivity contribution >= 4 is 11.8 Å². The van der Waals surface area contributed by atoms with Crippen molar-refractivity contribution in [2.24, 2.45) is 11.8 Å². The summed E-state index contributed by atoms with van der Waals surface area (Å²) in [5.74, 6) is 0.772. The molecular weight excluding hydrogens is 382 g/mol. The largest absolute Gasteiger partial charge is 0.336 e. The van der Waals surface area contributed by atoms with Crippen molar-refractivity contribution in [3.05, 3.63) is 71.6 Å². The molecule has 30 heavy (non-hydrogen) atoms. The molecule has 2 aliphatic rings. The van der Waals surface area contributed by atoms with E-state index in [0.29, 0.717) is 36.7 Å². The molecule has 0 spiro atoms. The summed E-state index contributed by atoms with van der Waals surface area (Å²) >= 11 is 0. The minimum Gasteiger partial charge on any atom is -0.336 e. The zero-order chi connectivity index (χ0) is 20.7. The molecule has 2 aliphatic heterocycles. The van der Waals surface area contributed by atoms with E-state index < -0.39 is 0 Å². The highest BCUT2D eigenvalue weighted by atomic mass is 16.2. The number of rotatable bonds is 3. The SMILES string of the molecule is Cc1ncc(C(=O)N2C[C@@H]3CN(C(=O)c4cn[nH]n4)C[C@@H]3[C@H]2c2ccccc2)cn1. The van der Waals surface area contributed by atoms with Crippen molar-refractivity contribution in [1.29, 1.82) is 0 Å². The molecule has 9 nitrogen and oxygen atoms in total. The van der Waals surface area contributed by atoms with Gasteiger partial charge in [-0.3, -0.25) is 9.59 Å². The Labute approximate surface area is 173 Å². The van der Waals surface area contributed by atoms with Gasteiger partial charge in [-0.05, 0) is 12.5 Å². The Morgan fingerprint density at radius 3 is 2.47 bits per heavy atom.